The van der Waals surface area contributed by atoms with Crippen LogP contribution in [0.15, 0.2) is 29.1 Å². The molecule has 136 valence electrons. The average Bonchev–Trinajstić information content (AvgIpc) is 2.62. The van der Waals surface area contributed by atoms with Crippen molar-refractivity contribution < 1.29 is 9.50 Å². The van der Waals surface area contributed by atoms with Gasteiger partial charge in [0.1, 0.15) is 17.7 Å². The smallest absolute Gasteiger partial charge is 0.271 e. The first kappa shape index (κ1) is 18.1. The van der Waals surface area contributed by atoms with Crippen molar-refractivity contribution in [2.75, 3.05) is 24.6 Å². The number of nitrogens with zero attached hydrogens (tertiary/aromatic N) is 3. The predicted octanol–water partition coefficient (Wildman–Crippen LogP) is 1.97. The van der Waals surface area contributed by atoms with Gasteiger partial charge >= 0.3 is 0 Å². The minimum Gasteiger partial charge on any atom is -0.396 e. The number of H-pyrrole nitrogens is 1. The van der Waals surface area contributed by atoms with E-state index >= 15 is 0 Å². The largest absolute Gasteiger partial charge is 0.396 e. The Balaban J connectivity index is 1.86. The third-order valence-electron chi connectivity index (χ3n) is 4.77. The van der Waals surface area contributed by atoms with E-state index in [0.717, 1.165) is 19.3 Å². The number of hydrogen-bond donors (Lipinski definition) is 2. The van der Waals surface area contributed by atoms with E-state index in [1.54, 1.807) is 12.1 Å². The first-order valence-electron chi connectivity index (χ1n) is 8.74. The number of aliphatic hydroxyl groups excluding tert-OH is 1. The van der Waals surface area contributed by atoms with Crippen molar-refractivity contribution in [1.29, 1.82) is 5.26 Å². The molecule has 2 aromatic rings. The van der Waals surface area contributed by atoms with Gasteiger partial charge in [-0.05, 0) is 42.9 Å². The number of anilines is 1. The summed E-state index contributed by atoms with van der Waals surface area (Å²) in [5, 5.41) is 18.4. The van der Waals surface area contributed by atoms with Crippen molar-refractivity contribution >= 4 is 5.82 Å². The molecule has 7 heteroatoms. The van der Waals surface area contributed by atoms with Crippen LogP contribution in [-0.4, -0.2) is 34.8 Å². The molecule has 1 aromatic carbocycles. The minimum absolute atomic E-state index is 0.00796. The molecule has 0 saturated carbocycles. The predicted molar refractivity (Wildman–Crippen MR) is 95.4 cm³/mol. The Kier molecular flexibility index (Phi) is 5.64. The zero-order chi connectivity index (χ0) is 18.5. The van der Waals surface area contributed by atoms with E-state index in [2.05, 4.69) is 9.97 Å². The Labute approximate surface area is 150 Å². The topological polar surface area (TPSA) is 93.0 Å². The SMILES string of the molecule is N#Cc1c(N2CCC(CCO)CC2)nc(Cc2cccc(F)c2)[nH]c1=O. The molecule has 1 aliphatic heterocycles. The molecule has 1 aromatic heterocycles. The van der Waals surface area contributed by atoms with Gasteiger partial charge in [0.05, 0.1) is 0 Å². The zero-order valence-corrected chi connectivity index (χ0v) is 14.4. The maximum atomic E-state index is 13.4. The van der Waals surface area contributed by atoms with Gasteiger partial charge in [0.15, 0.2) is 11.4 Å². The van der Waals surface area contributed by atoms with Gasteiger partial charge in [-0.25, -0.2) is 9.37 Å². The Morgan fingerprint density at radius 3 is 2.81 bits per heavy atom. The molecule has 6 nitrogen and oxygen atoms in total. The summed E-state index contributed by atoms with van der Waals surface area (Å²) in [4.78, 5) is 21.4. The molecule has 26 heavy (non-hydrogen) atoms. The molecular formula is C19H21FN4O2. The zero-order valence-electron chi connectivity index (χ0n) is 14.4. The van der Waals surface area contributed by atoms with Gasteiger partial charge in [0, 0.05) is 26.1 Å². The van der Waals surface area contributed by atoms with Crippen molar-refractivity contribution in [2.24, 2.45) is 5.92 Å². The highest BCUT2D eigenvalue weighted by Crippen LogP contribution is 2.25. The van der Waals surface area contributed by atoms with E-state index in [1.807, 2.05) is 11.0 Å². The molecule has 3 rings (SSSR count). The lowest BCUT2D eigenvalue weighted by Gasteiger charge is -2.33. The van der Waals surface area contributed by atoms with Crippen LogP contribution in [0.4, 0.5) is 10.2 Å². The van der Waals surface area contributed by atoms with Crippen LogP contribution in [0.5, 0.6) is 0 Å². The lowest BCUT2D eigenvalue weighted by atomic mass is 9.94. The fraction of sp³-hybridized carbons (Fsp3) is 0.421. The monoisotopic (exact) mass is 356 g/mol. The molecule has 0 bridgehead atoms. The number of rotatable bonds is 5. The summed E-state index contributed by atoms with van der Waals surface area (Å²) in [5.41, 5.74) is 0.237. The average molecular weight is 356 g/mol. The fourth-order valence-electron chi connectivity index (χ4n) is 3.38. The van der Waals surface area contributed by atoms with E-state index in [1.165, 1.54) is 12.1 Å². The van der Waals surface area contributed by atoms with Gasteiger partial charge in [-0.3, -0.25) is 4.79 Å². The normalized spacial score (nSPS) is 15.0. The molecular weight excluding hydrogens is 335 g/mol. The summed E-state index contributed by atoms with van der Waals surface area (Å²) in [5.74, 6) is 0.914. The van der Waals surface area contributed by atoms with Gasteiger partial charge in [0.2, 0.25) is 0 Å². The number of nitrogens with one attached hydrogen (secondary N) is 1. The molecule has 0 aliphatic carbocycles. The molecule has 0 atom stereocenters. The van der Waals surface area contributed by atoms with E-state index in [4.69, 9.17) is 5.11 Å². The standard InChI is InChI=1S/C19H21FN4O2/c20-15-3-1-2-14(10-15)11-17-22-18(16(12-21)19(26)23-17)24-7-4-13(5-8-24)6-9-25/h1-3,10,13,25H,4-9,11H2,(H,22,23,26). The lowest BCUT2D eigenvalue weighted by Crippen LogP contribution is -2.36. The number of piperidine rings is 1. The summed E-state index contributed by atoms with van der Waals surface area (Å²) in [7, 11) is 0. The fourth-order valence-corrected chi connectivity index (χ4v) is 3.38. The van der Waals surface area contributed by atoms with Crippen LogP contribution >= 0.6 is 0 Å². The van der Waals surface area contributed by atoms with Crippen molar-refractivity contribution in [3.8, 4) is 6.07 Å². The Hall–Kier alpha value is -2.72. The molecule has 2 N–H and O–H groups in total. The van der Waals surface area contributed by atoms with Gasteiger partial charge in [-0.2, -0.15) is 5.26 Å². The maximum Gasteiger partial charge on any atom is 0.271 e. The van der Waals surface area contributed by atoms with Crippen LogP contribution in [-0.2, 0) is 6.42 Å². The van der Waals surface area contributed by atoms with Crippen LogP contribution in [0.3, 0.4) is 0 Å². The number of aromatic amines is 1. The van der Waals surface area contributed by atoms with Crippen LogP contribution in [0.1, 0.15) is 36.2 Å². The second kappa shape index (κ2) is 8.11. The summed E-state index contributed by atoms with van der Waals surface area (Å²) < 4.78 is 13.4. The van der Waals surface area contributed by atoms with Crippen molar-refractivity contribution in [2.45, 2.75) is 25.7 Å². The molecule has 2 heterocycles. The van der Waals surface area contributed by atoms with Crippen molar-refractivity contribution in [3.05, 3.63) is 57.4 Å². The second-order valence-electron chi connectivity index (χ2n) is 6.57. The van der Waals surface area contributed by atoms with Crippen LogP contribution < -0.4 is 10.5 Å². The molecule has 0 spiro atoms. The van der Waals surface area contributed by atoms with Crippen LogP contribution in [0, 0.1) is 23.1 Å². The lowest BCUT2D eigenvalue weighted by molar-refractivity contribution is 0.240. The van der Waals surface area contributed by atoms with E-state index in [0.29, 0.717) is 36.2 Å². The van der Waals surface area contributed by atoms with Crippen LogP contribution in [0.2, 0.25) is 0 Å². The van der Waals surface area contributed by atoms with Gasteiger partial charge in [-0.15, -0.1) is 0 Å². The number of aromatic nitrogens is 2. The molecule has 0 unspecified atom stereocenters. The highest BCUT2D eigenvalue weighted by molar-refractivity contribution is 5.53. The van der Waals surface area contributed by atoms with Crippen LogP contribution in [0.25, 0.3) is 0 Å². The number of halogens is 1. The molecule has 0 amide bonds. The Morgan fingerprint density at radius 1 is 1.38 bits per heavy atom. The highest BCUT2D eigenvalue weighted by atomic mass is 19.1. The summed E-state index contributed by atoms with van der Waals surface area (Å²) in [6.07, 6.45) is 2.83. The number of aliphatic hydroxyl groups is 1. The van der Waals surface area contributed by atoms with Gasteiger partial charge in [-0.1, -0.05) is 12.1 Å². The third-order valence-corrected chi connectivity index (χ3v) is 4.77. The van der Waals surface area contributed by atoms with Crippen molar-refractivity contribution in [3.63, 3.8) is 0 Å². The quantitative estimate of drug-likeness (QED) is 0.854. The van der Waals surface area contributed by atoms with Gasteiger partial charge in [0.25, 0.3) is 5.56 Å². The molecule has 1 fully saturated rings. The summed E-state index contributed by atoms with van der Waals surface area (Å²) in [6.45, 7) is 1.56. The summed E-state index contributed by atoms with van der Waals surface area (Å²) in [6, 6.07) is 8.09. The molecule has 1 aliphatic rings. The first-order valence-corrected chi connectivity index (χ1v) is 8.74. The maximum absolute atomic E-state index is 13.4. The van der Waals surface area contributed by atoms with Crippen molar-refractivity contribution in [1.82, 2.24) is 9.97 Å². The number of hydrogen-bond acceptors (Lipinski definition) is 5. The minimum atomic E-state index is -0.471. The van der Waals surface area contributed by atoms with E-state index in [9.17, 15) is 14.4 Å². The second-order valence-corrected chi connectivity index (χ2v) is 6.57. The number of nitriles is 1. The Bertz CT molecular complexity index is 867. The molecule has 0 radical (unpaired) electrons. The number of benzene rings is 1. The highest BCUT2D eigenvalue weighted by Gasteiger charge is 2.23. The van der Waals surface area contributed by atoms with E-state index in [-0.39, 0.29) is 24.4 Å². The van der Waals surface area contributed by atoms with E-state index < -0.39 is 5.56 Å². The van der Waals surface area contributed by atoms with Gasteiger partial charge < -0.3 is 15.0 Å². The first-order chi connectivity index (χ1) is 12.6. The summed E-state index contributed by atoms with van der Waals surface area (Å²) >= 11 is 0. The molecule has 1 saturated heterocycles. The Morgan fingerprint density at radius 2 is 2.15 bits per heavy atom. The third kappa shape index (κ3) is 4.09.